The van der Waals surface area contributed by atoms with E-state index in [2.05, 4.69) is 12.1 Å². The number of morpholine rings is 1. The van der Waals surface area contributed by atoms with Crippen molar-refractivity contribution in [3.63, 3.8) is 0 Å². The summed E-state index contributed by atoms with van der Waals surface area (Å²) in [7, 11) is 0. The van der Waals surface area contributed by atoms with Gasteiger partial charge in [0.1, 0.15) is 6.61 Å². The van der Waals surface area contributed by atoms with Crippen LogP contribution >= 0.6 is 0 Å². The third-order valence-corrected chi connectivity index (χ3v) is 5.33. The Balaban J connectivity index is 1.54. The third-order valence-electron chi connectivity index (χ3n) is 5.33. The molecular formula is C23H22N2O3. The number of amides is 1. The van der Waals surface area contributed by atoms with Crippen LogP contribution in [0.3, 0.4) is 0 Å². The van der Waals surface area contributed by atoms with Crippen molar-refractivity contribution >= 4 is 11.7 Å². The van der Waals surface area contributed by atoms with Gasteiger partial charge in [0, 0.05) is 0 Å². The highest BCUT2D eigenvalue weighted by molar-refractivity contribution is 5.76. The van der Waals surface area contributed by atoms with Gasteiger partial charge in [-0.05, 0) is 47.7 Å². The van der Waals surface area contributed by atoms with Crippen LogP contribution in [0.4, 0.5) is 4.79 Å². The molecule has 2 aromatic rings. The monoisotopic (exact) mass is 374 g/mol. The number of nitriles is 1. The summed E-state index contributed by atoms with van der Waals surface area (Å²) in [5.41, 5.74) is 4.99. The molecule has 0 saturated carbocycles. The smallest absolute Gasteiger partial charge is 0.411 e. The second kappa shape index (κ2) is 7.87. The van der Waals surface area contributed by atoms with Crippen LogP contribution in [0.5, 0.6) is 0 Å². The first-order chi connectivity index (χ1) is 13.7. The normalized spacial score (nSPS) is 20.9. The van der Waals surface area contributed by atoms with Gasteiger partial charge in [0.25, 0.3) is 0 Å². The summed E-state index contributed by atoms with van der Waals surface area (Å²) in [6.07, 6.45) is 2.47. The lowest BCUT2D eigenvalue weighted by molar-refractivity contribution is -0.0342. The summed E-state index contributed by atoms with van der Waals surface area (Å²) in [5.74, 6) is 0. The Labute approximate surface area is 164 Å². The minimum Gasteiger partial charge on any atom is -0.445 e. The Morgan fingerprint density at radius 1 is 1.25 bits per heavy atom. The first kappa shape index (κ1) is 18.3. The van der Waals surface area contributed by atoms with Crippen molar-refractivity contribution in [3.8, 4) is 6.07 Å². The van der Waals surface area contributed by atoms with E-state index in [0.717, 1.165) is 16.7 Å². The van der Waals surface area contributed by atoms with Gasteiger partial charge in [0.05, 0.1) is 36.9 Å². The number of aryl methyl sites for hydroxylation is 1. The number of rotatable bonds is 3. The van der Waals surface area contributed by atoms with Crippen molar-refractivity contribution in [3.05, 3.63) is 76.9 Å². The lowest BCUT2D eigenvalue weighted by Crippen LogP contribution is -2.56. The second-order valence-corrected chi connectivity index (χ2v) is 7.24. The van der Waals surface area contributed by atoms with Crippen LogP contribution in [0.25, 0.3) is 5.57 Å². The van der Waals surface area contributed by atoms with Crippen molar-refractivity contribution in [1.82, 2.24) is 4.90 Å². The van der Waals surface area contributed by atoms with Crippen LogP contribution in [0.1, 0.15) is 28.7 Å². The highest BCUT2D eigenvalue weighted by Crippen LogP contribution is 2.34. The third kappa shape index (κ3) is 3.64. The van der Waals surface area contributed by atoms with Gasteiger partial charge in [-0.1, -0.05) is 42.5 Å². The first-order valence-electron chi connectivity index (χ1n) is 9.44. The molecule has 2 unspecified atom stereocenters. The largest absolute Gasteiger partial charge is 0.445 e. The zero-order valence-electron chi connectivity index (χ0n) is 15.8. The van der Waals surface area contributed by atoms with Gasteiger partial charge in [0.2, 0.25) is 0 Å². The molecule has 2 bridgehead atoms. The fraction of sp³-hybridized carbons (Fsp3) is 0.304. The number of nitrogens with zero attached hydrogens (tertiary/aromatic N) is 2. The minimum atomic E-state index is -0.306. The summed E-state index contributed by atoms with van der Waals surface area (Å²) < 4.78 is 11.3. The molecule has 142 valence electrons. The van der Waals surface area contributed by atoms with E-state index < -0.39 is 0 Å². The fourth-order valence-corrected chi connectivity index (χ4v) is 3.91. The Morgan fingerprint density at radius 2 is 2.07 bits per heavy atom. The number of carbonyl (C=O) groups is 1. The molecule has 5 heteroatoms. The summed E-state index contributed by atoms with van der Waals surface area (Å²) in [6, 6.07) is 17.4. The fourth-order valence-electron chi connectivity index (χ4n) is 3.91. The van der Waals surface area contributed by atoms with Crippen molar-refractivity contribution in [2.75, 3.05) is 13.2 Å². The average Bonchev–Trinajstić information content (AvgIpc) is 2.72. The summed E-state index contributed by atoms with van der Waals surface area (Å²) in [5, 5.41) is 9.22. The molecule has 0 aromatic heterocycles. The van der Waals surface area contributed by atoms with Crippen LogP contribution in [-0.4, -0.2) is 36.3 Å². The van der Waals surface area contributed by atoms with Gasteiger partial charge in [0.15, 0.2) is 0 Å². The van der Waals surface area contributed by atoms with Crippen molar-refractivity contribution in [2.45, 2.75) is 32.0 Å². The molecular weight excluding hydrogens is 352 g/mol. The Kier molecular flexibility index (Phi) is 5.14. The molecule has 0 radical (unpaired) electrons. The SMILES string of the molecule is Cc1ccc(C#N)cc1C1=CC2COCC(C1)N2C(=O)OCc1ccccc1. The van der Waals surface area contributed by atoms with E-state index in [1.165, 1.54) is 5.57 Å². The molecule has 1 amide bonds. The average molecular weight is 374 g/mol. The standard InChI is InChI=1S/C23H22N2O3/c1-16-7-8-18(12-24)9-22(16)19-10-20-14-27-15-21(11-19)25(20)23(26)28-13-17-5-3-2-4-6-17/h2-10,20-21H,11,13-15H2,1H3. The molecule has 1 fully saturated rings. The highest BCUT2D eigenvalue weighted by Gasteiger charge is 2.39. The van der Waals surface area contributed by atoms with E-state index in [1.54, 1.807) is 4.90 Å². The first-order valence-corrected chi connectivity index (χ1v) is 9.44. The van der Waals surface area contributed by atoms with Crippen LogP contribution in [0.15, 0.2) is 54.6 Å². The van der Waals surface area contributed by atoms with E-state index in [4.69, 9.17) is 9.47 Å². The molecule has 2 aliphatic rings. The van der Waals surface area contributed by atoms with Crippen molar-refractivity contribution in [1.29, 1.82) is 5.26 Å². The predicted octanol–water partition coefficient (Wildman–Crippen LogP) is 4.06. The van der Waals surface area contributed by atoms with E-state index in [9.17, 15) is 10.1 Å². The van der Waals surface area contributed by atoms with Crippen LogP contribution in [0, 0.1) is 18.3 Å². The number of ether oxygens (including phenoxy) is 2. The highest BCUT2D eigenvalue weighted by atomic mass is 16.6. The molecule has 2 aliphatic heterocycles. The molecule has 5 nitrogen and oxygen atoms in total. The van der Waals surface area contributed by atoms with Crippen LogP contribution < -0.4 is 0 Å². The lowest BCUT2D eigenvalue weighted by atomic mass is 9.87. The van der Waals surface area contributed by atoms with Crippen molar-refractivity contribution in [2.24, 2.45) is 0 Å². The quantitative estimate of drug-likeness (QED) is 0.813. The number of benzene rings is 2. The zero-order valence-corrected chi connectivity index (χ0v) is 15.8. The lowest BCUT2D eigenvalue weighted by Gasteiger charge is -2.44. The molecule has 0 spiro atoms. The molecule has 2 heterocycles. The van der Waals surface area contributed by atoms with E-state index in [-0.39, 0.29) is 24.8 Å². The van der Waals surface area contributed by atoms with Crippen LogP contribution in [0.2, 0.25) is 0 Å². The minimum absolute atomic E-state index is 0.0628. The molecule has 1 saturated heterocycles. The Hall–Kier alpha value is -3.10. The molecule has 0 N–H and O–H groups in total. The molecule has 2 atom stereocenters. The number of fused-ring (bicyclic) bond motifs is 2. The van der Waals surface area contributed by atoms with Crippen molar-refractivity contribution < 1.29 is 14.3 Å². The van der Waals surface area contributed by atoms with Gasteiger partial charge >= 0.3 is 6.09 Å². The van der Waals surface area contributed by atoms with Crippen LogP contribution in [-0.2, 0) is 16.1 Å². The second-order valence-electron chi connectivity index (χ2n) is 7.24. The Bertz CT molecular complexity index is 946. The number of hydrogen-bond acceptors (Lipinski definition) is 4. The number of hydrogen-bond donors (Lipinski definition) is 0. The molecule has 0 aliphatic carbocycles. The van der Waals surface area contributed by atoms with E-state index in [0.29, 0.717) is 25.2 Å². The zero-order chi connectivity index (χ0) is 19.5. The molecule has 2 aromatic carbocycles. The van der Waals surface area contributed by atoms with E-state index >= 15 is 0 Å². The summed E-state index contributed by atoms with van der Waals surface area (Å²) >= 11 is 0. The van der Waals surface area contributed by atoms with Gasteiger partial charge < -0.3 is 9.47 Å². The maximum atomic E-state index is 12.8. The van der Waals surface area contributed by atoms with Gasteiger partial charge in [-0.15, -0.1) is 0 Å². The predicted molar refractivity (Wildman–Crippen MR) is 105 cm³/mol. The van der Waals surface area contributed by atoms with Gasteiger partial charge in [-0.25, -0.2) is 4.79 Å². The Morgan fingerprint density at radius 3 is 2.82 bits per heavy atom. The van der Waals surface area contributed by atoms with E-state index in [1.807, 2.05) is 55.5 Å². The van der Waals surface area contributed by atoms with Gasteiger partial charge in [-0.2, -0.15) is 5.26 Å². The maximum absolute atomic E-state index is 12.8. The van der Waals surface area contributed by atoms with Gasteiger partial charge in [-0.3, -0.25) is 4.90 Å². The number of carbonyl (C=O) groups excluding carboxylic acids is 1. The summed E-state index contributed by atoms with van der Waals surface area (Å²) in [4.78, 5) is 14.6. The maximum Gasteiger partial charge on any atom is 0.411 e. The summed E-state index contributed by atoms with van der Waals surface area (Å²) in [6.45, 7) is 3.25. The molecule has 4 rings (SSSR count). The molecule has 28 heavy (non-hydrogen) atoms. The topological polar surface area (TPSA) is 62.6 Å².